The fraction of sp³-hybridized carbons (Fsp3) is 0. The molecule has 0 amide bonds. The molecule has 2 atom stereocenters. The average Bonchev–Trinajstić information content (AvgIpc) is 3.89. The molecule has 0 aliphatic carbocycles. The topological polar surface area (TPSA) is 220 Å². The van der Waals surface area contributed by atoms with E-state index in [0.717, 1.165) is 5.57 Å². The molecule has 7 N–H and O–H groups in total. The highest BCUT2D eigenvalue weighted by Crippen LogP contribution is 2.75. The third kappa shape index (κ3) is 4.45. The highest BCUT2D eigenvalue weighted by Gasteiger charge is 2.54. The Morgan fingerprint density at radius 2 is 1.15 bits per heavy atom. The molecule has 0 aromatic carbocycles. The van der Waals surface area contributed by atoms with Gasteiger partial charge in [0.1, 0.15) is 0 Å². The molecule has 7 aromatic heterocycles. The van der Waals surface area contributed by atoms with Crippen molar-refractivity contribution in [3.05, 3.63) is 93.1 Å². The van der Waals surface area contributed by atoms with Crippen molar-refractivity contribution in [1.29, 1.82) is 0 Å². The molecule has 0 saturated carbocycles. The lowest BCUT2D eigenvalue weighted by molar-refractivity contribution is 1.21. The van der Waals surface area contributed by atoms with Gasteiger partial charge >= 0.3 is 0 Å². The number of nitrogens with one attached hydrogen (secondary N) is 7. The number of aromatic amines is 7. The normalized spacial score (nSPS) is 18.0. The molecule has 1 aliphatic heterocycles. The van der Waals surface area contributed by atoms with E-state index in [0.29, 0.717) is 28.6 Å². The molecule has 2 unspecified atom stereocenters. The van der Waals surface area contributed by atoms with Crippen molar-refractivity contribution in [3.8, 4) is 0 Å². The third-order valence-electron chi connectivity index (χ3n) is 5.68. The van der Waals surface area contributed by atoms with E-state index in [1.54, 1.807) is 93.1 Å². The van der Waals surface area contributed by atoms with Crippen LogP contribution in [0.25, 0.3) is 0 Å². The molecule has 17 nitrogen and oxygen atoms in total. The lowest BCUT2D eigenvalue weighted by Gasteiger charge is -2.47. The van der Waals surface area contributed by atoms with Gasteiger partial charge in [-0.2, -0.15) is 0 Å². The summed E-state index contributed by atoms with van der Waals surface area (Å²) in [5.41, 5.74) is 2.79. The van der Waals surface area contributed by atoms with Crippen LogP contribution in [-0.2, 0) is 0 Å². The van der Waals surface area contributed by atoms with Crippen LogP contribution in [0.4, 0.5) is 11.9 Å². The van der Waals surface area contributed by atoms with Crippen LogP contribution in [0.1, 0.15) is 0 Å². The summed E-state index contributed by atoms with van der Waals surface area (Å²) in [5, 5.41) is 0. The number of aromatic nitrogens is 14. The third-order valence-corrected chi connectivity index (χ3v) is 15.0. The van der Waals surface area contributed by atoms with Gasteiger partial charge in [0.15, 0.2) is 45.9 Å². The van der Waals surface area contributed by atoms with Crippen molar-refractivity contribution in [1.82, 2.24) is 69.8 Å². The molecule has 0 spiro atoms. The SMILES string of the molecule is c1c[nH]c(N2P(c3ncc[nH]3)N=P(c3ncc[nH]3)(c3ncc[nH]3)N(c3ncc[nH]3)P2c2ncc[nH]2)n1.c1c[nH]cn1. The van der Waals surface area contributed by atoms with E-state index in [2.05, 4.69) is 63.7 Å². The van der Waals surface area contributed by atoms with Crippen molar-refractivity contribution >= 4 is 57.8 Å². The van der Waals surface area contributed by atoms with Crippen molar-refractivity contribution in [2.45, 2.75) is 0 Å². The molecule has 41 heavy (non-hydrogen) atoms. The zero-order chi connectivity index (χ0) is 27.5. The summed E-state index contributed by atoms with van der Waals surface area (Å²) in [6.07, 6.45) is 26.2. The largest absolute Gasteiger partial charge is 0.351 e. The first kappa shape index (κ1) is 25.1. The van der Waals surface area contributed by atoms with Gasteiger partial charge in [-0.05, 0) is 0 Å². The smallest absolute Gasteiger partial charge is 0.212 e. The summed E-state index contributed by atoms with van der Waals surface area (Å²) >= 11 is 0. The molecule has 0 radical (unpaired) electrons. The van der Waals surface area contributed by atoms with Crippen LogP contribution >= 0.6 is 23.7 Å². The molecule has 20 heteroatoms. The summed E-state index contributed by atoms with van der Waals surface area (Å²) in [6.45, 7) is 0. The van der Waals surface area contributed by atoms with E-state index in [1.807, 2.05) is 0 Å². The molecular weight excluding hydrogens is 583 g/mol. The minimum absolute atomic E-state index is 0.605. The number of nitrogens with zero attached hydrogens (tertiary/aromatic N) is 10. The van der Waals surface area contributed by atoms with Crippen LogP contribution in [0.15, 0.2) is 97.6 Å². The Hall–Kier alpha value is -4.84. The molecule has 8 rings (SSSR count). The Kier molecular flexibility index (Phi) is 6.73. The second kappa shape index (κ2) is 11.0. The monoisotopic (exact) mass is 605 g/mol. The first-order valence-electron chi connectivity index (χ1n) is 12.1. The second-order valence-corrected chi connectivity index (χ2v) is 15.1. The highest BCUT2D eigenvalue weighted by molar-refractivity contribution is 8.01. The number of H-pyrrole nitrogens is 7. The van der Waals surface area contributed by atoms with Crippen molar-refractivity contribution in [3.63, 3.8) is 0 Å². The molecular formula is C21H22N17P3. The molecule has 206 valence electrons. The molecule has 7 aromatic rings. The van der Waals surface area contributed by atoms with E-state index < -0.39 is 23.7 Å². The van der Waals surface area contributed by atoms with Crippen LogP contribution in [0.2, 0.25) is 0 Å². The molecule has 0 saturated heterocycles. The van der Waals surface area contributed by atoms with Crippen molar-refractivity contribution in [2.24, 2.45) is 4.52 Å². The predicted molar refractivity (Wildman–Crippen MR) is 157 cm³/mol. The maximum atomic E-state index is 5.58. The zero-order valence-electron chi connectivity index (χ0n) is 21.0. The maximum absolute atomic E-state index is 5.58. The Bertz CT molecular complexity index is 1700. The Balaban J connectivity index is 0.000000502. The van der Waals surface area contributed by atoms with Gasteiger partial charge in [0.2, 0.25) is 11.9 Å². The summed E-state index contributed by atoms with van der Waals surface area (Å²) in [4.78, 5) is 54.3. The van der Waals surface area contributed by atoms with Gasteiger partial charge < -0.3 is 34.9 Å². The second-order valence-electron chi connectivity index (χ2n) is 8.09. The van der Waals surface area contributed by atoms with E-state index in [9.17, 15) is 0 Å². The van der Waals surface area contributed by atoms with Gasteiger partial charge in [0.05, 0.1) is 6.33 Å². The number of hydrogen-bond acceptors (Lipinski definition) is 10. The standard InChI is InChI=1S/C18H18N15P3.C3H4N2/c1-2-20-13(19-1)32-34(15-23-5-6-24-15)31-36(17-27-9-10-28-17,18-29-11-12-30-18)33(14-21-3-4-22-14)35(32)16-25-7-8-26-16;1-2-5-3-4-1/h1-12H,(H,19,20)(H,21,22)(H,23,24)(H,25,26)(H,27,28)(H,29,30);1-3H,(H,4,5). The molecule has 0 fully saturated rings. The fourth-order valence-electron chi connectivity index (χ4n) is 4.10. The number of anilines is 2. The Morgan fingerprint density at radius 1 is 0.561 bits per heavy atom. The molecule has 0 bridgehead atoms. The van der Waals surface area contributed by atoms with Crippen LogP contribution in [0.3, 0.4) is 0 Å². The summed E-state index contributed by atoms with van der Waals surface area (Å²) < 4.78 is 9.87. The molecule has 1 aliphatic rings. The first-order chi connectivity index (χ1) is 20.4. The van der Waals surface area contributed by atoms with Gasteiger partial charge in [-0.25, -0.2) is 48.3 Å². The van der Waals surface area contributed by atoms with Gasteiger partial charge in [0.25, 0.3) is 0 Å². The lowest BCUT2D eigenvalue weighted by atomic mass is 11.0. The summed E-state index contributed by atoms with van der Waals surface area (Å²) in [5.74, 6) is 1.24. The average molecular weight is 605 g/mol. The maximum Gasteiger partial charge on any atom is 0.212 e. The van der Waals surface area contributed by atoms with E-state index in [-0.39, 0.29) is 0 Å². The van der Waals surface area contributed by atoms with Gasteiger partial charge in [-0.15, -0.1) is 0 Å². The van der Waals surface area contributed by atoms with Crippen molar-refractivity contribution in [2.75, 3.05) is 8.88 Å². The van der Waals surface area contributed by atoms with Crippen LogP contribution in [0, 0.1) is 0 Å². The van der Waals surface area contributed by atoms with Crippen molar-refractivity contribution < 1.29 is 0 Å². The minimum Gasteiger partial charge on any atom is -0.351 e. The Morgan fingerprint density at radius 3 is 1.63 bits per heavy atom. The zero-order valence-corrected chi connectivity index (χ0v) is 23.7. The predicted octanol–water partition coefficient (Wildman–Crippen LogP) is 1.80. The fourth-order valence-corrected chi connectivity index (χ4v) is 15.1. The quantitative estimate of drug-likeness (QED) is 0.137. The van der Waals surface area contributed by atoms with E-state index in [4.69, 9.17) is 19.5 Å². The minimum atomic E-state index is -2.95. The number of imidazole rings is 7. The first-order valence-corrected chi connectivity index (χ1v) is 16.3. The number of rotatable bonds is 6. The van der Waals surface area contributed by atoms with Gasteiger partial charge in [-0.1, -0.05) is 0 Å². The Labute approximate surface area is 234 Å². The van der Waals surface area contributed by atoms with Crippen LogP contribution in [-0.4, -0.2) is 69.8 Å². The van der Waals surface area contributed by atoms with E-state index in [1.165, 1.54) is 0 Å². The summed E-state index contributed by atoms with van der Waals surface area (Å²) in [6, 6.07) is 0. The lowest BCUT2D eigenvalue weighted by Crippen LogP contribution is -2.43. The summed E-state index contributed by atoms with van der Waals surface area (Å²) in [7, 11) is -5.90. The van der Waals surface area contributed by atoms with Gasteiger partial charge in [0, 0.05) is 86.8 Å². The highest BCUT2D eigenvalue weighted by atomic mass is 31.3. The van der Waals surface area contributed by atoms with E-state index >= 15 is 0 Å². The molecule has 8 heterocycles. The van der Waals surface area contributed by atoms with Crippen LogP contribution in [0.5, 0.6) is 0 Å². The van der Waals surface area contributed by atoms with Gasteiger partial charge in [-0.3, -0.25) is 0 Å². The van der Waals surface area contributed by atoms with Crippen LogP contribution < -0.4 is 31.1 Å². The number of hydrogen-bond donors (Lipinski definition) is 7.